The number of rotatable bonds is 5. The van der Waals surface area contributed by atoms with Gasteiger partial charge in [0.15, 0.2) is 0 Å². The molecule has 0 aliphatic heterocycles. The van der Waals surface area contributed by atoms with Crippen LogP contribution in [0.3, 0.4) is 0 Å². The summed E-state index contributed by atoms with van der Waals surface area (Å²) < 4.78 is 6.89. The number of imidazole rings is 1. The van der Waals surface area contributed by atoms with Crippen molar-refractivity contribution in [3.05, 3.63) is 58.9 Å². The summed E-state index contributed by atoms with van der Waals surface area (Å²) in [5.41, 5.74) is 2.13. The molecule has 0 aliphatic carbocycles. The summed E-state index contributed by atoms with van der Waals surface area (Å²) in [7, 11) is 0. The molecule has 7 nitrogen and oxygen atoms in total. The molecule has 0 fully saturated rings. The van der Waals surface area contributed by atoms with Crippen LogP contribution in [0.2, 0.25) is 0 Å². The lowest BCUT2D eigenvalue weighted by Gasteiger charge is -2.06. The number of hydrogen-bond acceptors (Lipinski definition) is 5. The van der Waals surface area contributed by atoms with Crippen LogP contribution >= 0.6 is 0 Å². The molecule has 25 heavy (non-hydrogen) atoms. The highest BCUT2D eigenvalue weighted by Gasteiger charge is 2.11. The predicted octanol–water partition coefficient (Wildman–Crippen LogP) is 3.86. The van der Waals surface area contributed by atoms with Crippen molar-refractivity contribution in [1.29, 1.82) is 0 Å². The van der Waals surface area contributed by atoms with Crippen molar-refractivity contribution in [2.24, 2.45) is 5.92 Å². The summed E-state index contributed by atoms with van der Waals surface area (Å²) in [5.74, 6) is 0.463. The van der Waals surface area contributed by atoms with Gasteiger partial charge in [-0.1, -0.05) is 13.8 Å². The fourth-order valence-corrected chi connectivity index (χ4v) is 2.43. The highest BCUT2D eigenvalue weighted by molar-refractivity contribution is 5.73. The number of nitro groups is 1. The zero-order valence-electron chi connectivity index (χ0n) is 13.9. The molecule has 3 rings (SSSR count). The first-order valence-electron chi connectivity index (χ1n) is 7.86. The molecule has 0 saturated heterocycles. The molecule has 2 heterocycles. The number of esters is 1. The summed E-state index contributed by atoms with van der Waals surface area (Å²) in [4.78, 5) is 26.5. The van der Waals surface area contributed by atoms with Gasteiger partial charge in [-0.25, -0.2) is 4.98 Å². The minimum absolute atomic E-state index is 0.00358. The van der Waals surface area contributed by atoms with E-state index in [1.807, 2.05) is 13.8 Å². The van der Waals surface area contributed by atoms with Crippen LogP contribution in [-0.2, 0) is 4.79 Å². The average molecular weight is 339 g/mol. The van der Waals surface area contributed by atoms with Gasteiger partial charge in [0.05, 0.1) is 16.8 Å². The molecule has 2 aromatic heterocycles. The quantitative estimate of drug-likeness (QED) is 0.305. The summed E-state index contributed by atoms with van der Waals surface area (Å²) >= 11 is 0. The van der Waals surface area contributed by atoms with E-state index < -0.39 is 4.92 Å². The van der Waals surface area contributed by atoms with Gasteiger partial charge in [-0.15, -0.1) is 0 Å². The van der Waals surface area contributed by atoms with Crippen LogP contribution in [0.1, 0.15) is 20.3 Å². The van der Waals surface area contributed by atoms with Crippen LogP contribution < -0.4 is 4.74 Å². The Labute approximate surface area is 144 Å². The van der Waals surface area contributed by atoms with Gasteiger partial charge >= 0.3 is 5.97 Å². The monoisotopic (exact) mass is 339 g/mol. The second kappa shape index (κ2) is 6.72. The van der Waals surface area contributed by atoms with Crippen LogP contribution in [0.25, 0.3) is 16.9 Å². The molecular formula is C18H17N3O4. The Hall–Kier alpha value is -3.22. The Kier molecular flexibility index (Phi) is 4.47. The molecule has 0 bridgehead atoms. The number of carbonyl (C=O) groups is 1. The maximum Gasteiger partial charge on any atom is 0.311 e. The van der Waals surface area contributed by atoms with Gasteiger partial charge in [-0.2, -0.15) is 0 Å². The number of ether oxygens (including phenoxy) is 1. The first-order valence-corrected chi connectivity index (χ1v) is 7.86. The third kappa shape index (κ3) is 3.82. The van der Waals surface area contributed by atoms with E-state index in [2.05, 4.69) is 4.98 Å². The molecule has 7 heteroatoms. The van der Waals surface area contributed by atoms with Crippen LogP contribution in [0.5, 0.6) is 5.75 Å². The molecule has 1 aromatic carbocycles. The fourth-order valence-electron chi connectivity index (χ4n) is 2.43. The molecular weight excluding hydrogens is 322 g/mol. The first-order chi connectivity index (χ1) is 11.9. The van der Waals surface area contributed by atoms with Crippen LogP contribution in [0.4, 0.5) is 5.69 Å². The lowest BCUT2D eigenvalue weighted by molar-refractivity contribution is -0.385. The number of hydrogen-bond donors (Lipinski definition) is 0. The summed E-state index contributed by atoms with van der Waals surface area (Å²) in [5, 5.41) is 10.8. The number of aromatic nitrogens is 2. The third-order valence-corrected chi connectivity index (χ3v) is 3.60. The van der Waals surface area contributed by atoms with Gasteiger partial charge < -0.3 is 4.74 Å². The van der Waals surface area contributed by atoms with E-state index in [1.54, 1.807) is 40.9 Å². The van der Waals surface area contributed by atoms with Gasteiger partial charge in [0, 0.05) is 24.2 Å². The van der Waals surface area contributed by atoms with E-state index in [4.69, 9.17) is 4.74 Å². The Balaban J connectivity index is 1.81. The van der Waals surface area contributed by atoms with E-state index in [0.717, 1.165) is 5.56 Å². The molecule has 0 amide bonds. The van der Waals surface area contributed by atoms with Gasteiger partial charge in [0.25, 0.3) is 5.69 Å². The first kappa shape index (κ1) is 16.6. The average Bonchev–Trinajstić information content (AvgIpc) is 2.97. The number of carbonyl (C=O) groups excluding carboxylic acids is 1. The smallest absolute Gasteiger partial charge is 0.311 e. The van der Waals surface area contributed by atoms with E-state index in [0.29, 0.717) is 23.5 Å². The van der Waals surface area contributed by atoms with E-state index in [1.165, 1.54) is 12.3 Å². The summed E-state index contributed by atoms with van der Waals surface area (Å²) in [6.45, 7) is 3.91. The van der Waals surface area contributed by atoms with Crippen molar-refractivity contribution >= 4 is 17.3 Å². The van der Waals surface area contributed by atoms with E-state index >= 15 is 0 Å². The molecule has 128 valence electrons. The SMILES string of the molecule is CC(C)CC(=O)Oc1ccc(-c2cn3cc([N+](=O)[O-])ccc3n2)cc1. The third-order valence-electron chi connectivity index (χ3n) is 3.60. The largest absolute Gasteiger partial charge is 0.427 e. The minimum Gasteiger partial charge on any atom is -0.427 e. The van der Waals surface area contributed by atoms with Gasteiger partial charge in [0.2, 0.25) is 0 Å². The zero-order valence-corrected chi connectivity index (χ0v) is 13.9. The van der Waals surface area contributed by atoms with Gasteiger partial charge in [-0.05, 0) is 36.2 Å². The van der Waals surface area contributed by atoms with Crippen molar-refractivity contribution in [2.45, 2.75) is 20.3 Å². The number of pyridine rings is 1. The zero-order chi connectivity index (χ0) is 18.0. The standard InChI is InChI=1S/C18H17N3O4/c1-12(2)9-18(22)25-15-6-3-13(4-7-15)16-11-20-10-14(21(23)24)5-8-17(20)19-16/h3-8,10-12H,9H2,1-2H3. The second-order valence-corrected chi connectivity index (χ2v) is 6.13. The maximum atomic E-state index is 11.7. The number of fused-ring (bicyclic) bond motifs is 1. The van der Waals surface area contributed by atoms with Gasteiger partial charge in [0.1, 0.15) is 11.4 Å². The summed E-state index contributed by atoms with van der Waals surface area (Å²) in [6, 6.07) is 10.0. The Morgan fingerprint density at radius 3 is 2.56 bits per heavy atom. The van der Waals surface area contributed by atoms with Crippen LogP contribution in [0.15, 0.2) is 48.8 Å². The molecule has 0 unspecified atom stereocenters. The molecule has 0 spiro atoms. The lowest BCUT2D eigenvalue weighted by Crippen LogP contribution is -2.10. The highest BCUT2D eigenvalue weighted by atomic mass is 16.6. The Morgan fingerprint density at radius 2 is 1.92 bits per heavy atom. The normalized spacial score (nSPS) is 11.0. The van der Waals surface area contributed by atoms with Crippen LogP contribution in [-0.4, -0.2) is 20.3 Å². The van der Waals surface area contributed by atoms with E-state index in [-0.39, 0.29) is 17.6 Å². The number of benzene rings is 1. The minimum atomic E-state index is -0.445. The van der Waals surface area contributed by atoms with Crippen LogP contribution in [0, 0.1) is 16.0 Å². The molecule has 3 aromatic rings. The Bertz CT molecular complexity index is 929. The van der Waals surface area contributed by atoms with Crippen molar-refractivity contribution in [3.63, 3.8) is 0 Å². The second-order valence-electron chi connectivity index (χ2n) is 6.13. The van der Waals surface area contributed by atoms with Gasteiger partial charge in [-0.3, -0.25) is 19.3 Å². The molecule has 0 saturated carbocycles. The van der Waals surface area contributed by atoms with Crippen molar-refractivity contribution in [2.75, 3.05) is 0 Å². The molecule has 0 radical (unpaired) electrons. The maximum absolute atomic E-state index is 11.7. The van der Waals surface area contributed by atoms with Crippen molar-refractivity contribution < 1.29 is 14.5 Å². The molecule has 0 N–H and O–H groups in total. The number of nitrogens with zero attached hydrogens (tertiary/aromatic N) is 3. The lowest BCUT2D eigenvalue weighted by atomic mass is 10.1. The van der Waals surface area contributed by atoms with E-state index in [9.17, 15) is 14.9 Å². The Morgan fingerprint density at radius 1 is 1.20 bits per heavy atom. The summed E-state index contributed by atoms with van der Waals surface area (Å²) in [6.07, 6.45) is 3.52. The predicted molar refractivity (Wildman–Crippen MR) is 92.4 cm³/mol. The molecule has 0 atom stereocenters. The van der Waals surface area contributed by atoms with Crippen molar-refractivity contribution in [3.8, 4) is 17.0 Å². The highest BCUT2D eigenvalue weighted by Crippen LogP contribution is 2.24. The fraction of sp³-hybridized carbons (Fsp3) is 0.222. The molecule has 0 aliphatic rings. The topological polar surface area (TPSA) is 86.7 Å². The van der Waals surface area contributed by atoms with Crippen molar-refractivity contribution in [1.82, 2.24) is 9.38 Å².